The Bertz CT molecular complexity index is 1050. The molecule has 3 N–H and O–H groups in total. The third-order valence-corrected chi connectivity index (χ3v) is 5.21. The van der Waals surface area contributed by atoms with Crippen LogP contribution in [-0.2, 0) is 9.53 Å². The fraction of sp³-hybridized carbons (Fsp3) is 0.364. The number of hydrogen-bond acceptors (Lipinski definition) is 8. The number of nitrogens with zero attached hydrogens (tertiary/aromatic N) is 1. The third-order valence-electron chi connectivity index (χ3n) is 5.21. The van der Waals surface area contributed by atoms with E-state index < -0.39 is 10.8 Å². The minimum absolute atomic E-state index is 0.0140. The Hall–Kier alpha value is -3.70. The summed E-state index contributed by atoms with van der Waals surface area (Å²) < 4.78 is 16.5. The van der Waals surface area contributed by atoms with Gasteiger partial charge in [0.2, 0.25) is 5.91 Å². The van der Waals surface area contributed by atoms with Gasteiger partial charge in [0.05, 0.1) is 28.8 Å². The van der Waals surface area contributed by atoms with Crippen LogP contribution in [0.3, 0.4) is 0 Å². The molecule has 33 heavy (non-hydrogen) atoms. The Kier molecular flexibility index (Phi) is 7.01. The van der Waals surface area contributed by atoms with Gasteiger partial charge in [0.15, 0.2) is 11.5 Å². The van der Waals surface area contributed by atoms with E-state index in [1.807, 2.05) is 0 Å². The van der Waals surface area contributed by atoms with E-state index in [0.29, 0.717) is 36.9 Å². The average Bonchev–Trinajstić information content (AvgIpc) is 3.32. The summed E-state index contributed by atoms with van der Waals surface area (Å²) in [4.78, 5) is 36.0. The number of hydrogen-bond donors (Lipinski definition) is 3. The number of benzene rings is 2. The van der Waals surface area contributed by atoms with E-state index in [1.165, 1.54) is 12.1 Å². The molecule has 2 aliphatic rings. The minimum atomic E-state index is -0.613. The van der Waals surface area contributed by atoms with E-state index in [-0.39, 0.29) is 35.5 Å². The second-order valence-electron chi connectivity index (χ2n) is 7.61. The lowest BCUT2D eigenvalue weighted by Gasteiger charge is -2.19. The maximum Gasteiger partial charge on any atom is 0.270 e. The summed E-state index contributed by atoms with van der Waals surface area (Å²) in [5.74, 6) is 0.0650. The molecule has 0 aromatic heterocycles. The molecule has 2 aromatic rings. The predicted octanol–water partition coefficient (Wildman–Crippen LogP) is 2.33. The number of fused-ring (bicyclic) bond motifs is 1. The van der Waals surface area contributed by atoms with Crippen molar-refractivity contribution in [3.05, 3.63) is 52.1 Å². The van der Waals surface area contributed by atoms with E-state index in [4.69, 9.17) is 14.2 Å². The van der Waals surface area contributed by atoms with Crippen molar-refractivity contribution in [1.82, 2.24) is 5.32 Å². The van der Waals surface area contributed by atoms with Crippen molar-refractivity contribution < 1.29 is 28.7 Å². The summed E-state index contributed by atoms with van der Waals surface area (Å²) in [7, 11) is 0. The number of amides is 2. The quantitative estimate of drug-likeness (QED) is 0.406. The number of anilines is 2. The Balaban J connectivity index is 1.45. The van der Waals surface area contributed by atoms with Crippen LogP contribution in [0.15, 0.2) is 36.4 Å². The summed E-state index contributed by atoms with van der Waals surface area (Å²) in [5, 5.41) is 19.6. The Labute approximate surface area is 189 Å². The summed E-state index contributed by atoms with van der Waals surface area (Å²) >= 11 is 0. The van der Waals surface area contributed by atoms with E-state index in [9.17, 15) is 19.7 Å². The number of nitrogens with one attached hydrogen (secondary N) is 3. The number of ether oxygens (including phenoxy) is 3. The van der Waals surface area contributed by atoms with Gasteiger partial charge in [-0.1, -0.05) is 0 Å². The van der Waals surface area contributed by atoms with Gasteiger partial charge in [0.25, 0.3) is 11.6 Å². The molecule has 0 unspecified atom stereocenters. The summed E-state index contributed by atoms with van der Waals surface area (Å²) in [6.45, 7) is 2.12. The van der Waals surface area contributed by atoms with Gasteiger partial charge in [-0.3, -0.25) is 19.7 Å². The molecular formula is C22H24N4O7. The number of non-ortho nitro benzene ring substituents is 1. The first-order chi connectivity index (χ1) is 16.0. The second kappa shape index (κ2) is 10.3. The molecule has 0 bridgehead atoms. The molecule has 2 aromatic carbocycles. The first-order valence-corrected chi connectivity index (χ1v) is 10.6. The van der Waals surface area contributed by atoms with Gasteiger partial charge in [0, 0.05) is 37.0 Å². The number of carbonyl (C=O) groups excluding carboxylic acids is 2. The van der Waals surface area contributed by atoms with Gasteiger partial charge in [-0.15, -0.1) is 0 Å². The van der Waals surface area contributed by atoms with E-state index >= 15 is 0 Å². The molecule has 11 heteroatoms. The molecule has 0 saturated carbocycles. The van der Waals surface area contributed by atoms with Crippen LogP contribution < -0.4 is 25.4 Å². The van der Waals surface area contributed by atoms with Crippen LogP contribution >= 0.6 is 0 Å². The lowest BCUT2D eigenvalue weighted by molar-refractivity contribution is -0.384. The first-order valence-electron chi connectivity index (χ1n) is 10.6. The molecule has 1 saturated heterocycles. The molecule has 0 aliphatic carbocycles. The Morgan fingerprint density at radius 3 is 2.61 bits per heavy atom. The minimum Gasteiger partial charge on any atom is -0.486 e. The maximum absolute atomic E-state index is 13.0. The maximum atomic E-state index is 13.0. The van der Waals surface area contributed by atoms with Gasteiger partial charge in [-0.05, 0) is 31.0 Å². The molecule has 11 nitrogen and oxygen atoms in total. The summed E-state index contributed by atoms with van der Waals surface area (Å²) in [6.07, 6.45) is 2.04. The van der Waals surface area contributed by atoms with Crippen molar-refractivity contribution in [2.75, 3.05) is 43.5 Å². The van der Waals surface area contributed by atoms with Crippen LogP contribution in [0.2, 0.25) is 0 Å². The zero-order chi connectivity index (χ0) is 23.2. The highest BCUT2D eigenvalue weighted by Gasteiger charge is 2.20. The molecule has 1 fully saturated rings. The molecule has 1 atom stereocenters. The molecule has 4 rings (SSSR count). The SMILES string of the molecule is O=C(CNC[C@H]1CCCO1)Nc1ccc([N+](=O)[O-])cc1C(=O)Nc1ccc2c(c1)OCCO2. The molecular weight excluding hydrogens is 432 g/mol. The highest BCUT2D eigenvalue weighted by atomic mass is 16.6. The number of nitro groups is 1. The monoisotopic (exact) mass is 456 g/mol. The van der Waals surface area contributed by atoms with Crippen molar-refractivity contribution in [2.24, 2.45) is 0 Å². The summed E-state index contributed by atoms with van der Waals surface area (Å²) in [5.41, 5.74) is 0.286. The van der Waals surface area contributed by atoms with Gasteiger partial charge in [-0.2, -0.15) is 0 Å². The summed E-state index contributed by atoms with van der Waals surface area (Å²) in [6, 6.07) is 8.61. The highest BCUT2D eigenvalue weighted by Crippen LogP contribution is 2.33. The van der Waals surface area contributed by atoms with E-state index in [1.54, 1.807) is 18.2 Å². The van der Waals surface area contributed by atoms with Gasteiger partial charge in [-0.25, -0.2) is 0 Å². The zero-order valence-electron chi connectivity index (χ0n) is 17.8. The van der Waals surface area contributed by atoms with Crippen molar-refractivity contribution in [1.29, 1.82) is 0 Å². The van der Waals surface area contributed by atoms with Gasteiger partial charge >= 0.3 is 0 Å². The Morgan fingerprint density at radius 2 is 1.85 bits per heavy atom. The molecule has 0 radical (unpaired) electrons. The fourth-order valence-corrected chi connectivity index (χ4v) is 3.61. The van der Waals surface area contributed by atoms with Crippen molar-refractivity contribution in [3.8, 4) is 11.5 Å². The second-order valence-corrected chi connectivity index (χ2v) is 7.61. The van der Waals surface area contributed by atoms with Crippen molar-refractivity contribution in [2.45, 2.75) is 18.9 Å². The number of carbonyl (C=O) groups is 2. The highest BCUT2D eigenvalue weighted by molar-refractivity contribution is 6.10. The third kappa shape index (κ3) is 5.76. The van der Waals surface area contributed by atoms with Crippen LogP contribution in [0, 0.1) is 10.1 Å². The topological polar surface area (TPSA) is 141 Å². The number of rotatable bonds is 8. The lowest BCUT2D eigenvalue weighted by Crippen LogP contribution is -2.34. The molecule has 0 spiro atoms. The van der Waals surface area contributed by atoms with Crippen LogP contribution in [-0.4, -0.2) is 55.8 Å². The zero-order valence-corrected chi connectivity index (χ0v) is 17.8. The van der Waals surface area contributed by atoms with Crippen LogP contribution in [0.25, 0.3) is 0 Å². The molecule has 174 valence electrons. The standard InChI is InChI=1S/C22H24N4O7/c27-21(13-23-12-16-2-1-7-31-16)25-18-5-4-15(26(29)30)11-17(18)22(28)24-14-3-6-19-20(10-14)33-9-8-32-19/h3-6,10-11,16,23H,1-2,7-9,12-13H2,(H,24,28)(H,25,27)/t16-/m1/s1. The molecule has 2 heterocycles. The van der Waals surface area contributed by atoms with Crippen molar-refractivity contribution in [3.63, 3.8) is 0 Å². The average molecular weight is 456 g/mol. The predicted molar refractivity (Wildman–Crippen MR) is 119 cm³/mol. The fourth-order valence-electron chi connectivity index (χ4n) is 3.61. The lowest BCUT2D eigenvalue weighted by atomic mass is 10.1. The van der Waals surface area contributed by atoms with Crippen LogP contribution in [0.5, 0.6) is 11.5 Å². The normalized spacial score (nSPS) is 16.8. The van der Waals surface area contributed by atoms with Crippen LogP contribution in [0.4, 0.5) is 17.1 Å². The van der Waals surface area contributed by atoms with Gasteiger partial charge in [0.1, 0.15) is 13.2 Å². The van der Waals surface area contributed by atoms with E-state index in [2.05, 4.69) is 16.0 Å². The smallest absolute Gasteiger partial charge is 0.270 e. The van der Waals surface area contributed by atoms with Crippen molar-refractivity contribution >= 4 is 28.9 Å². The first kappa shape index (κ1) is 22.5. The Morgan fingerprint density at radius 1 is 1.03 bits per heavy atom. The number of nitro benzene ring substituents is 1. The largest absolute Gasteiger partial charge is 0.486 e. The molecule has 2 aliphatic heterocycles. The van der Waals surface area contributed by atoms with E-state index in [0.717, 1.165) is 25.5 Å². The van der Waals surface area contributed by atoms with Gasteiger partial charge < -0.3 is 30.2 Å². The van der Waals surface area contributed by atoms with Crippen LogP contribution in [0.1, 0.15) is 23.2 Å². The molecule has 2 amide bonds.